The number of hydrogen-bond acceptors (Lipinski definition) is 4. The molecule has 24 heavy (non-hydrogen) atoms. The van der Waals surface area contributed by atoms with Crippen LogP contribution < -0.4 is 4.74 Å². The van der Waals surface area contributed by atoms with Crippen molar-refractivity contribution < 1.29 is 14.1 Å². The van der Waals surface area contributed by atoms with E-state index in [9.17, 15) is 4.79 Å². The topological polar surface area (TPSA) is 55.6 Å². The van der Waals surface area contributed by atoms with Crippen molar-refractivity contribution in [3.63, 3.8) is 0 Å². The zero-order valence-corrected chi connectivity index (χ0v) is 14.3. The molecule has 1 saturated heterocycles. The summed E-state index contributed by atoms with van der Waals surface area (Å²) < 4.78 is 10.9. The quantitative estimate of drug-likeness (QED) is 0.814. The van der Waals surface area contributed by atoms with Gasteiger partial charge < -0.3 is 14.2 Å². The zero-order chi connectivity index (χ0) is 16.9. The Hall–Kier alpha value is -2.30. The van der Waals surface area contributed by atoms with Crippen molar-refractivity contribution in [3.05, 3.63) is 47.3 Å². The molecule has 0 radical (unpaired) electrons. The van der Waals surface area contributed by atoms with Gasteiger partial charge in [0.1, 0.15) is 5.75 Å². The van der Waals surface area contributed by atoms with Crippen molar-refractivity contribution in [2.24, 2.45) is 0 Å². The first kappa shape index (κ1) is 16.6. The van der Waals surface area contributed by atoms with E-state index in [1.54, 1.807) is 0 Å². The lowest BCUT2D eigenvalue weighted by molar-refractivity contribution is -0.131. The van der Waals surface area contributed by atoms with Crippen LogP contribution in [0.15, 0.2) is 34.9 Å². The van der Waals surface area contributed by atoms with Gasteiger partial charge in [-0.1, -0.05) is 24.2 Å². The van der Waals surface area contributed by atoms with Crippen LogP contribution in [0.5, 0.6) is 5.75 Å². The molecule has 1 amide bonds. The molecule has 5 nitrogen and oxygen atoms in total. The van der Waals surface area contributed by atoms with Crippen LogP contribution in [-0.2, 0) is 17.6 Å². The lowest BCUT2D eigenvalue weighted by atomic mass is 10.1. The molecule has 2 aromatic rings. The predicted octanol–water partition coefficient (Wildman–Crippen LogP) is 3.54. The summed E-state index contributed by atoms with van der Waals surface area (Å²) in [5.74, 6) is 1.78. The van der Waals surface area contributed by atoms with Crippen molar-refractivity contribution in [1.82, 2.24) is 10.1 Å². The minimum atomic E-state index is 0.0213. The summed E-state index contributed by atoms with van der Waals surface area (Å²) in [6.07, 6.45) is 3.18. The Bertz CT molecular complexity index is 678. The molecule has 0 bridgehead atoms. The molecular formula is C19H24N2O3. The molecule has 2 heterocycles. The summed E-state index contributed by atoms with van der Waals surface area (Å²) in [6.45, 7) is 5.43. The number of aromatic nitrogens is 1. The van der Waals surface area contributed by atoms with E-state index in [0.29, 0.717) is 13.0 Å². The van der Waals surface area contributed by atoms with Crippen molar-refractivity contribution in [2.75, 3.05) is 13.2 Å². The maximum atomic E-state index is 12.7. The third kappa shape index (κ3) is 3.61. The van der Waals surface area contributed by atoms with E-state index in [1.807, 2.05) is 49.1 Å². The molecular weight excluding hydrogens is 304 g/mol. The Morgan fingerprint density at radius 3 is 2.79 bits per heavy atom. The zero-order valence-electron chi connectivity index (χ0n) is 14.3. The largest absolute Gasteiger partial charge is 0.494 e. The normalized spacial score (nSPS) is 17.2. The number of amides is 1. The van der Waals surface area contributed by atoms with E-state index < -0.39 is 0 Å². The van der Waals surface area contributed by atoms with Gasteiger partial charge in [-0.15, -0.1) is 0 Å². The molecule has 5 heteroatoms. The van der Waals surface area contributed by atoms with Crippen LogP contribution in [0.1, 0.15) is 49.7 Å². The Morgan fingerprint density at radius 2 is 2.12 bits per heavy atom. The van der Waals surface area contributed by atoms with Crippen LogP contribution in [0.4, 0.5) is 0 Å². The van der Waals surface area contributed by atoms with Crippen molar-refractivity contribution in [2.45, 2.75) is 45.6 Å². The average molecular weight is 328 g/mol. The molecule has 1 aromatic carbocycles. The fourth-order valence-corrected chi connectivity index (χ4v) is 3.16. The minimum Gasteiger partial charge on any atom is -0.494 e. The standard InChI is InChI=1S/C19H24N2O3/c1-3-15-13-18(24-20-15)17-6-5-11-21(17)19(22)12-14-7-9-16(10-8-14)23-4-2/h7-10,13,17H,3-6,11-12H2,1-2H3. The summed E-state index contributed by atoms with van der Waals surface area (Å²) in [6, 6.07) is 9.74. The fourth-order valence-electron chi connectivity index (χ4n) is 3.16. The number of carbonyl (C=O) groups excluding carboxylic acids is 1. The number of rotatable bonds is 6. The van der Waals surface area contributed by atoms with Gasteiger partial charge in [0.2, 0.25) is 5.91 Å². The van der Waals surface area contributed by atoms with Gasteiger partial charge in [-0.2, -0.15) is 0 Å². The lowest BCUT2D eigenvalue weighted by Crippen LogP contribution is -2.31. The van der Waals surface area contributed by atoms with Crippen LogP contribution in [0.25, 0.3) is 0 Å². The van der Waals surface area contributed by atoms with E-state index >= 15 is 0 Å². The maximum Gasteiger partial charge on any atom is 0.227 e. The third-order valence-electron chi connectivity index (χ3n) is 4.43. The van der Waals surface area contributed by atoms with E-state index in [1.165, 1.54) is 0 Å². The second-order valence-electron chi connectivity index (χ2n) is 6.07. The number of carbonyl (C=O) groups is 1. The number of ether oxygens (including phenoxy) is 1. The fraction of sp³-hybridized carbons (Fsp3) is 0.474. The number of likely N-dealkylation sites (tertiary alicyclic amines) is 1. The van der Waals surface area contributed by atoms with Crippen molar-refractivity contribution in [3.8, 4) is 5.75 Å². The van der Waals surface area contributed by atoms with Crippen LogP contribution in [0.3, 0.4) is 0 Å². The lowest BCUT2D eigenvalue weighted by Gasteiger charge is -2.22. The smallest absolute Gasteiger partial charge is 0.227 e. The predicted molar refractivity (Wildman–Crippen MR) is 90.9 cm³/mol. The SMILES string of the molecule is CCOc1ccc(CC(=O)N2CCCC2c2cc(CC)no2)cc1. The molecule has 1 fully saturated rings. The first-order chi connectivity index (χ1) is 11.7. The van der Waals surface area contributed by atoms with Gasteiger partial charge in [-0.05, 0) is 43.9 Å². The summed E-state index contributed by atoms with van der Waals surface area (Å²) >= 11 is 0. The van der Waals surface area contributed by atoms with E-state index in [2.05, 4.69) is 5.16 Å². The second-order valence-corrected chi connectivity index (χ2v) is 6.07. The highest BCUT2D eigenvalue weighted by atomic mass is 16.5. The van der Waals surface area contributed by atoms with Crippen molar-refractivity contribution in [1.29, 1.82) is 0 Å². The highest BCUT2D eigenvalue weighted by molar-refractivity contribution is 5.79. The first-order valence-electron chi connectivity index (χ1n) is 8.68. The molecule has 1 aliphatic rings. The van der Waals surface area contributed by atoms with Gasteiger partial charge in [-0.3, -0.25) is 4.79 Å². The van der Waals surface area contributed by atoms with Crippen LogP contribution in [-0.4, -0.2) is 29.1 Å². The third-order valence-corrected chi connectivity index (χ3v) is 4.43. The van der Waals surface area contributed by atoms with Crippen LogP contribution in [0.2, 0.25) is 0 Å². The summed E-state index contributed by atoms with van der Waals surface area (Å²) in [7, 11) is 0. The number of aryl methyl sites for hydroxylation is 1. The summed E-state index contributed by atoms with van der Waals surface area (Å²) in [4.78, 5) is 14.6. The van der Waals surface area contributed by atoms with Gasteiger partial charge in [0.15, 0.2) is 5.76 Å². The molecule has 1 atom stereocenters. The Kier molecular flexibility index (Phi) is 5.18. The first-order valence-corrected chi connectivity index (χ1v) is 8.68. The Labute approximate surface area is 142 Å². The maximum absolute atomic E-state index is 12.7. The van der Waals surface area contributed by atoms with Crippen molar-refractivity contribution >= 4 is 5.91 Å². The summed E-state index contributed by atoms with van der Waals surface area (Å²) in [5, 5.41) is 4.06. The molecule has 1 unspecified atom stereocenters. The van der Waals surface area contributed by atoms with E-state index in [4.69, 9.17) is 9.26 Å². The van der Waals surface area contributed by atoms with Gasteiger partial charge in [0, 0.05) is 12.6 Å². The van der Waals surface area contributed by atoms with Crippen LogP contribution in [0, 0.1) is 0 Å². The molecule has 1 aliphatic heterocycles. The minimum absolute atomic E-state index is 0.0213. The average Bonchev–Trinajstić information content (AvgIpc) is 3.25. The van der Waals surface area contributed by atoms with Gasteiger partial charge in [-0.25, -0.2) is 0 Å². The van der Waals surface area contributed by atoms with Gasteiger partial charge in [0.05, 0.1) is 24.8 Å². The highest BCUT2D eigenvalue weighted by Crippen LogP contribution is 2.33. The monoisotopic (exact) mass is 328 g/mol. The van der Waals surface area contributed by atoms with Gasteiger partial charge >= 0.3 is 0 Å². The highest BCUT2D eigenvalue weighted by Gasteiger charge is 2.32. The molecule has 1 aromatic heterocycles. The molecule has 0 N–H and O–H groups in total. The second kappa shape index (κ2) is 7.51. The number of hydrogen-bond donors (Lipinski definition) is 0. The number of benzene rings is 1. The molecule has 0 spiro atoms. The number of nitrogens with zero attached hydrogens (tertiary/aromatic N) is 2. The Balaban J connectivity index is 1.66. The molecule has 0 aliphatic carbocycles. The molecule has 0 saturated carbocycles. The van der Waals surface area contributed by atoms with E-state index in [0.717, 1.165) is 48.6 Å². The van der Waals surface area contributed by atoms with Crippen LogP contribution >= 0.6 is 0 Å². The van der Waals surface area contributed by atoms with Gasteiger partial charge in [0.25, 0.3) is 0 Å². The molecule has 128 valence electrons. The Morgan fingerprint density at radius 1 is 1.33 bits per heavy atom. The molecule has 3 rings (SSSR count). The summed E-state index contributed by atoms with van der Waals surface area (Å²) in [5.41, 5.74) is 1.94. The van der Waals surface area contributed by atoms with E-state index in [-0.39, 0.29) is 11.9 Å².